The third-order valence-corrected chi connectivity index (χ3v) is 6.41. The van der Waals surface area contributed by atoms with E-state index < -0.39 is 8.80 Å². The van der Waals surface area contributed by atoms with E-state index in [0.717, 1.165) is 32.1 Å². The Morgan fingerprint density at radius 2 is 1.67 bits per heavy atom. The minimum absolute atomic E-state index is 0.819. The smallest absolute Gasteiger partial charge is 0.377 e. The summed E-state index contributed by atoms with van der Waals surface area (Å²) in [5.74, 6) is 0. The van der Waals surface area contributed by atoms with Crippen molar-refractivity contribution < 1.29 is 13.3 Å². The molecule has 1 aromatic carbocycles. The molecule has 0 aliphatic heterocycles. The molecule has 0 unspecified atom stereocenters. The SMILES string of the molecule is CCN(CCC[Si](OC)(OC)OC)NCc1ccccc1. The Morgan fingerprint density at radius 1 is 1.05 bits per heavy atom. The molecule has 0 saturated carbocycles. The van der Waals surface area contributed by atoms with E-state index >= 15 is 0 Å². The molecule has 21 heavy (non-hydrogen) atoms. The fourth-order valence-electron chi connectivity index (χ4n) is 2.19. The lowest BCUT2D eigenvalue weighted by atomic mass is 10.2. The predicted molar refractivity (Wildman–Crippen MR) is 86.7 cm³/mol. The number of hydrogen-bond donors (Lipinski definition) is 1. The number of nitrogens with zero attached hydrogens (tertiary/aromatic N) is 1. The van der Waals surface area contributed by atoms with Crippen LogP contribution in [0.2, 0.25) is 6.04 Å². The lowest BCUT2D eigenvalue weighted by Crippen LogP contribution is -2.44. The van der Waals surface area contributed by atoms with Crippen LogP contribution in [0.25, 0.3) is 0 Å². The van der Waals surface area contributed by atoms with Gasteiger partial charge in [0.1, 0.15) is 0 Å². The highest BCUT2D eigenvalue weighted by atomic mass is 28.4. The molecule has 0 heterocycles. The van der Waals surface area contributed by atoms with E-state index in [4.69, 9.17) is 13.3 Å². The van der Waals surface area contributed by atoms with Crippen LogP contribution in [-0.4, -0.2) is 48.2 Å². The Kier molecular flexibility index (Phi) is 8.75. The van der Waals surface area contributed by atoms with Gasteiger partial charge in [-0.25, -0.2) is 5.01 Å². The lowest BCUT2D eigenvalue weighted by Gasteiger charge is -2.26. The molecule has 0 amide bonds. The molecule has 0 saturated heterocycles. The van der Waals surface area contributed by atoms with E-state index in [0.29, 0.717) is 0 Å². The standard InChI is InChI=1S/C15H28N2O3Si/c1-5-17(16-14-15-10-7-6-8-11-15)12-9-13-21(18-2,19-3)20-4/h6-8,10-11,16H,5,9,12-14H2,1-4H3. The summed E-state index contributed by atoms with van der Waals surface area (Å²) in [5, 5.41) is 2.22. The minimum Gasteiger partial charge on any atom is -0.377 e. The van der Waals surface area contributed by atoms with Crippen LogP contribution < -0.4 is 5.43 Å². The van der Waals surface area contributed by atoms with Crippen LogP contribution in [0, 0.1) is 0 Å². The molecule has 0 atom stereocenters. The van der Waals surface area contributed by atoms with Gasteiger partial charge in [-0.1, -0.05) is 37.3 Å². The largest absolute Gasteiger partial charge is 0.500 e. The van der Waals surface area contributed by atoms with Crippen LogP contribution in [0.1, 0.15) is 18.9 Å². The molecule has 0 aromatic heterocycles. The van der Waals surface area contributed by atoms with Crippen molar-refractivity contribution in [2.75, 3.05) is 34.4 Å². The van der Waals surface area contributed by atoms with E-state index in [1.807, 2.05) is 6.07 Å². The van der Waals surface area contributed by atoms with Gasteiger partial charge in [0, 0.05) is 47.0 Å². The van der Waals surface area contributed by atoms with E-state index in [-0.39, 0.29) is 0 Å². The summed E-state index contributed by atoms with van der Waals surface area (Å²) in [7, 11) is 2.53. The van der Waals surface area contributed by atoms with Gasteiger partial charge >= 0.3 is 8.80 Å². The first-order chi connectivity index (χ1) is 10.2. The average Bonchev–Trinajstić information content (AvgIpc) is 2.56. The molecule has 120 valence electrons. The maximum absolute atomic E-state index is 5.44. The van der Waals surface area contributed by atoms with E-state index in [2.05, 4.69) is 41.6 Å². The molecular weight excluding hydrogens is 284 g/mol. The maximum atomic E-state index is 5.44. The van der Waals surface area contributed by atoms with Gasteiger partial charge in [0.2, 0.25) is 0 Å². The number of rotatable bonds is 11. The molecule has 6 heteroatoms. The second-order valence-electron chi connectivity index (χ2n) is 4.80. The van der Waals surface area contributed by atoms with Gasteiger partial charge in [-0.2, -0.15) is 0 Å². The normalized spacial score (nSPS) is 12.0. The number of benzene rings is 1. The Hall–Kier alpha value is -0.763. The van der Waals surface area contributed by atoms with Crippen molar-refractivity contribution in [3.05, 3.63) is 35.9 Å². The van der Waals surface area contributed by atoms with Gasteiger partial charge in [0.15, 0.2) is 0 Å². The van der Waals surface area contributed by atoms with Gasteiger partial charge in [-0.05, 0) is 12.0 Å². The maximum Gasteiger partial charge on any atom is 0.500 e. The third kappa shape index (κ3) is 6.25. The molecule has 0 bridgehead atoms. The van der Waals surface area contributed by atoms with Gasteiger partial charge in [0.25, 0.3) is 0 Å². The molecule has 1 N–H and O–H groups in total. The summed E-state index contributed by atoms with van der Waals surface area (Å²) in [5.41, 5.74) is 4.74. The molecule has 1 rings (SSSR count). The monoisotopic (exact) mass is 312 g/mol. The number of hydrazine groups is 1. The predicted octanol–water partition coefficient (Wildman–Crippen LogP) is 2.28. The third-order valence-electron chi connectivity index (χ3n) is 3.58. The van der Waals surface area contributed by atoms with E-state index in [9.17, 15) is 0 Å². The summed E-state index contributed by atoms with van der Waals surface area (Å²) in [6.45, 7) is 4.88. The number of nitrogens with one attached hydrogen (secondary N) is 1. The van der Waals surface area contributed by atoms with Crippen molar-refractivity contribution in [1.82, 2.24) is 10.4 Å². The summed E-state index contributed by atoms with van der Waals surface area (Å²) in [6, 6.07) is 11.2. The molecule has 0 radical (unpaired) electrons. The van der Waals surface area contributed by atoms with Crippen LogP contribution in [0.4, 0.5) is 0 Å². The first kappa shape index (κ1) is 18.3. The first-order valence-electron chi connectivity index (χ1n) is 7.37. The van der Waals surface area contributed by atoms with Crippen LogP contribution >= 0.6 is 0 Å². The van der Waals surface area contributed by atoms with Gasteiger partial charge < -0.3 is 13.3 Å². The van der Waals surface area contributed by atoms with Crippen LogP contribution in [0.5, 0.6) is 0 Å². The highest BCUT2D eigenvalue weighted by Crippen LogP contribution is 2.15. The zero-order valence-electron chi connectivity index (χ0n) is 13.6. The molecule has 5 nitrogen and oxygen atoms in total. The summed E-state index contributed by atoms with van der Waals surface area (Å²) < 4.78 is 16.3. The Balaban J connectivity index is 2.34. The summed E-state index contributed by atoms with van der Waals surface area (Å²) >= 11 is 0. The van der Waals surface area contributed by atoms with Crippen molar-refractivity contribution in [3.8, 4) is 0 Å². The second-order valence-corrected chi connectivity index (χ2v) is 7.89. The summed E-state index contributed by atoms with van der Waals surface area (Å²) in [6.07, 6.45) is 0.970. The molecule has 0 spiro atoms. The molecular formula is C15H28N2O3Si. The Labute approximate surface area is 129 Å². The van der Waals surface area contributed by atoms with Crippen LogP contribution in [0.15, 0.2) is 30.3 Å². The van der Waals surface area contributed by atoms with Crippen LogP contribution in [0.3, 0.4) is 0 Å². The Morgan fingerprint density at radius 3 is 2.19 bits per heavy atom. The van der Waals surface area contributed by atoms with E-state index in [1.54, 1.807) is 21.3 Å². The first-order valence-corrected chi connectivity index (χ1v) is 9.30. The zero-order valence-corrected chi connectivity index (χ0v) is 14.6. The van der Waals surface area contributed by atoms with Gasteiger partial charge in [-0.15, -0.1) is 0 Å². The van der Waals surface area contributed by atoms with Crippen molar-refractivity contribution in [3.63, 3.8) is 0 Å². The number of hydrogen-bond acceptors (Lipinski definition) is 5. The van der Waals surface area contributed by atoms with Crippen LogP contribution in [-0.2, 0) is 19.8 Å². The fourth-order valence-corrected chi connectivity index (χ4v) is 3.89. The van der Waals surface area contributed by atoms with Crippen molar-refractivity contribution in [2.45, 2.75) is 25.9 Å². The molecule has 0 fully saturated rings. The van der Waals surface area contributed by atoms with Crippen molar-refractivity contribution in [2.24, 2.45) is 0 Å². The van der Waals surface area contributed by atoms with Crippen molar-refractivity contribution in [1.29, 1.82) is 0 Å². The lowest BCUT2D eigenvalue weighted by molar-refractivity contribution is 0.119. The quantitative estimate of drug-likeness (QED) is 0.501. The van der Waals surface area contributed by atoms with Gasteiger partial charge in [-0.3, -0.25) is 5.43 Å². The molecule has 0 aliphatic carbocycles. The topological polar surface area (TPSA) is 43.0 Å². The highest BCUT2D eigenvalue weighted by molar-refractivity contribution is 6.60. The second kappa shape index (κ2) is 10.0. The van der Waals surface area contributed by atoms with Gasteiger partial charge in [0.05, 0.1) is 0 Å². The van der Waals surface area contributed by atoms with Crippen molar-refractivity contribution >= 4 is 8.80 Å². The molecule has 1 aromatic rings. The zero-order chi connectivity index (χ0) is 15.6. The summed E-state index contributed by atoms with van der Waals surface area (Å²) in [4.78, 5) is 0. The fraction of sp³-hybridized carbons (Fsp3) is 0.600. The average molecular weight is 312 g/mol. The highest BCUT2D eigenvalue weighted by Gasteiger charge is 2.36. The minimum atomic E-state index is -2.44. The van der Waals surface area contributed by atoms with E-state index in [1.165, 1.54) is 5.56 Å². The molecule has 0 aliphatic rings. The Bertz CT molecular complexity index is 366.